The first kappa shape index (κ1) is 11.9. The van der Waals surface area contributed by atoms with E-state index in [1.807, 2.05) is 18.2 Å². The van der Waals surface area contributed by atoms with Gasteiger partial charge < -0.3 is 0 Å². The molecule has 0 N–H and O–H groups in total. The van der Waals surface area contributed by atoms with Crippen molar-refractivity contribution in [3.8, 4) is 0 Å². The molecule has 2 aromatic rings. The van der Waals surface area contributed by atoms with Gasteiger partial charge in [0.25, 0.3) is 0 Å². The molecule has 86 valence electrons. The van der Waals surface area contributed by atoms with Gasteiger partial charge in [-0.2, -0.15) is 0 Å². The fourth-order valence-electron chi connectivity index (χ4n) is 1.46. The van der Waals surface area contributed by atoms with Crippen LogP contribution in [0.3, 0.4) is 0 Å². The average Bonchev–Trinajstić information content (AvgIpc) is 2.32. The number of Topliss-reactive ketones (excluding diaryl/α,β-unsaturated/α-hetero) is 1. The summed E-state index contributed by atoms with van der Waals surface area (Å²) in [6, 6.07) is 11.8. The van der Waals surface area contributed by atoms with Gasteiger partial charge in [-0.25, -0.2) is 4.98 Å². The van der Waals surface area contributed by atoms with E-state index in [4.69, 9.17) is 0 Å². The summed E-state index contributed by atoms with van der Waals surface area (Å²) in [6.45, 7) is 3.62. The Balaban J connectivity index is 2.30. The molecular weight excluding hydrogens is 230 g/mol. The fourth-order valence-corrected chi connectivity index (χ4v) is 2.39. The third-order valence-corrected chi connectivity index (χ3v) is 3.41. The molecule has 0 aliphatic heterocycles. The normalized spacial score (nSPS) is 10.2. The molecule has 3 heteroatoms. The lowest BCUT2D eigenvalue weighted by molar-refractivity contribution is 0.101. The van der Waals surface area contributed by atoms with Gasteiger partial charge in [-0.05, 0) is 38.1 Å². The van der Waals surface area contributed by atoms with E-state index in [1.54, 1.807) is 19.2 Å². The molecule has 0 saturated carbocycles. The van der Waals surface area contributed by atoms with Crippen molar-refractivity contribution >= 4 is 17.5 Å². The van der Waals surface area contributed by atoms with Gasteiger partial charge in [-0.3, -0.25) is 4.79 Å². The smallest absolute Gasteiger partial charge is 0.162 e. The maximum absolute atomic E-state index is 11.5. The highest BCUT2D eigenvalue weighted by Gasteiger charge is 2.08. The minimum Gasteiger partial charge on any atom is -0.294 e. The van der Waals surface area contributed by atoms with Crippen LogP contribution in [-0.4, -0.2) is 10.8 Å². The molecule has 2 rings (SSSR count). The van der Waals surface area contributed by atoms with Gasteiger partial charge in [0, 0.05) is 16.7 Å². The number of ketones is 1. The third-order valence-electron chi connectivity index (χ3n) is 2.39. The summed E-state index contributed by atoms with van der Waals surface area (Å²) in [7, 11) is 0. The maximum atomic E-state index is 11.5. The van der Waals surface area contributed by atoms with Crippen LogP contribution in [0.5, 0.6) is 0 Å². The molecule has 17 heavy (non-hydrogen) atoms. The Morgan fingerprint density at radius 1 is 1.18 bits per heavy atom. The van der Waals surface area contributed by atoms with Crippen molar-refractivity contribution in [2.45, 2.75) is 23.8 Å². The largest absolute Gasteiger partial charge is 0.294 e. The first-order valence-electron chi connectivity index (χ1n) is 5.37. The summed E-state index contributed by atoms with van der Waals surface area (Å²) in [5.74, 6) is 0.0488. The molecule has 1 heterocycles. The van der Waals surface area contributed by atoms with E-state index in [9.17, 15) is 4.79 Å². The number of aromatic nitrogens is 1. The van der Waals surface area contributed by atoms with Crippen molar-refractivity contribution in [2.24, 2.45) is 0 Å². The highest BCUT2D eigenvalue weighted by Crippen LogP contribution is 2.28. The van der Waals surface area contributed by atoms with Crippen LogP contribution in [0.4, 0.5) is 0 Å². The number of rotatable bonds is 3. The summed E-state index contributed by atoms with van der Waals surface area (Å²) in [4.78, 5) is 16.8. The molecule has 0 radical (unpaired) electrons. The zero-order valence-corrected chi connectivity index (χ0v) is 10.6. The number of hydrogen-bond acceptors (Lipinski definition) is 3. The second-order valence-electron chi connectivity index (χ2n) is 3.83. The molecule has 0 spiro atoms. The second-order valence-corrected chi connectivity index (χ2v) is 4.89. The minimum absolute atomic E-state index is 0.0488. The maximum Gasteiger partial charge on any atom is 0.162 e. The zero-order chi connectivity index (χ0) is 12.3. The van der Waals surface area contributed by atoms with Crippen molar-refractivity contribution in [3.63, 3.8) is 0 Å². The Bertz CT molecular complexity index is 534. The Hall–Kier alpha value is -1.61. The van der Waals surface area contributed by atoms with Crippen LogP contribution in [0.25, 0.3) is 0 Å². The number of carbonyl (C=O) groups is 1. The second kappa shape index (κ2) is 5.15. The topological polar surface area (TPSA) is 30.0 Å². The molecule has 0 amide bonds. The molecule has 0 unspecified atom stereocenters. The van der Waals surface area contributed by atoms with E-state index in [-0.39, 0.29) is 5.78 Å². The van der Waals surface area contributed by atoms with Gasteiger partial charge in [0.15, 0.2) is 5.78 Å². The molecule has 0 aliphatic rings. The standard InChI is InChI=1S/C14H13NOS/c1-10-5-7-12(8-6-10)17-14-13(11(2)16)4-3-9-15-14/h3-9H,1-2H3. The molecule has 0 saturated heterocycles. The lowest BCUT2D eigenvalue weighted by Crippen LogP contribution is -1.96. The van der Waals surface area contributed by atoms with Crippen molar-refractivity contribution in [1.29, 1.82) is 0 Å². The van der Waals surface area contributed by atoms with Crippen LogP contribution in [0, 0.1) is 6.92 Å². The highest BCUT2D eigenvalue weighted by atomic mass is 32.2. The summed E-state index contributed by atoms with van der Waals surface area (Å²) in [5.41, 5.74) is 1.90. The number of aryl methyl sites for hydroxylation is 1. The van der Waals surface area contributed by atoms with Crippen LogP contribution in [0.15, 0.2) is 52.5 Å². The van der Waals surface area contributed by atoms with E-state index in [0.717, 1.165) is 9.92 Å². The Morgan fingerprint density at radius 3 is 2.53 bits per heavy atom. The molecule has 2 nitrogen and oxygen atoms in total. The molecule has 0 bridgehead atoms. The van der Waals surface area contributed by atoms with Gasteiger partial charge in [0.1, 0.15) is 5.03 Å². The summed E-state index contributed by atoms with van der Waals surface area (Å²) < 4.78 is 0. The third kappa shape index (κ3) is 2.94. The number of carbonyl (C=O) groups excluding carboxylic acids is 1. The van der Waals surface area contributed by atoms with Crippen LogP contribution in [0.2, 0.25) is 0 Å². The minimum atomic E-state index is 0.0488. The Labute approximate surface area is 105 Å². The van der Waals surface area contributed by atoms with Crippen LogP contribution in [0.1, 0.15) is 22.8 Å². The van der Waals surface area contributed by atoms with E-state index in [2.05, 4.69) is 24.0 Å². The zero-order valence-electron chi connectivity index (χ0n) is 9.81. The molecule has 1 aromatic heterocycles. The highest BCUT2D eigenvalue weighted by molar-refractivity contribution is 7.99. The number of nitrogens with zero attached hydrogens (tertiary/aromatic N) is 1. The molecular formula is C14H13NOS. The van der Waals surface area contributed by atoms with Gasteiger partial charge in [-0.15, -0.1) is 0 Å². The molecule has 1 aromatic carbocycles. The predicted molar refractivity (Wildman–Crippen MR) is 69.5 cm³/mol. The lowest BCUT2D eigenvalue weighted by Gasteiger charge is -2.05. The first-order chi connectivity index (χ1) is 8.16. The summed E-state index contributed by atoms with van der Waals surface area (Å²) >= 11 is 1.52. The molecule has 0 aliphatic carbocycles. The van der Waals surface area contributed by atoms with Crippen molar-refractivity contribution in [2.75, 3.05) is 0 Å². The molecule has 0 atom stereocenters. The van der Waals surface area contributed by atoms with E-state index in [0.29, 0.717) is 5.56 Å². The number of benzene rings is 1. The van der Waals surface area contributed by atoms with Gasteiger partial charge in [0.05, 0.1) is 0 Å². The number of hydrogen-bond donors (Lipinski definition) is 0. The van der Waals surface area contributed by atoms with Crippen molar-refractivity contribution < 1.29 is 4.79 Å². The van der Waals surface area contributed by atoms with E-state index in [1.165, 1.54) is 17.3 Å². The van der Waals surface area contributed by atoms with Crippen LogP contribution in [-0.2, 0) is 0 Å². The van der Waals surface area contributed by atoms with E-state index < -0.39 is 0 Å². The average molecular weight is 243 g/mol. The lowest BCUT2D eigenvalue weighted by atomic mass is 10.2. The van der Waals surface area contributed by atoms with Crippen LogP contribution >= 0.6 is 11.8 Å². The van der Waals surface area contributed by atoms with Crippen molar-refractivity contribution in [1.82, 2.24) is 4.98 Å². The van der Waals surface area contributed by atoms with Gasteiger partial charge in [0.2, 0.25) is 0 Å². The summed E-state index contributed by atoms with van der Waals surface area (Å²) in [6.07, 6.45) is 1.71. The van der Waals surface area contributed by atoms with Crippen molar-refractivity contribution in [3.05, 3.63) is 53.7 Å². The Kier molecular flexibility index (Phi) is 3.59. The summed E-state index contributed by atoms with van der Waals surface area (Å²) in [5, 5.41) is 0.767. The fraction of sp³-hybridized carbons (Fsp3) is 0.143. The SMILES string of the molecule is CC(=O)c1cccnc1Sc1ccc(C)cc1. The Morgan fingerprint density at radius 2 is 1.88 bits per heavy atom. The first-order valence-corrected chi connectivity index (χ1v) is 6.19. The van der Waals surface area contributed by atoms with Gasteiger partial charge >= 0.3 is 0 Å². The molecule has 0 fully saturated rings. The monoisotopic (exact) mass is 243 g/mol. The quantitative estimate of drug-likeness (QED) is 0.769. The predicted octanol–water partition coefficient (Wildman–Crippen LogP) is 3.74. The van der Waals surface area contributed by atoms with Crippen LogP contribution < -0.4 is 0 Å². The number of pyridine rings is 1. The van der Waals surface area contributed by atoms with E-state index >= 15 is 0 Å². The van der Waals surface area contributed by atoms with Gasteiger partial charge in [-0.1, -0.05) is 29.5 Å².